The molecule has 1 aromatic heterocycles. The van der Waals surface area contributed by atoms with Gasteiger partial charge in [0.1, 0.15) is 0 Å². The molecule has 1 aromatic carbocycles. The second-order valence-electron chi connectivity index (χ2n) is 3.54. The van der Waals surface area contributed by atoms with Crippen molar-refractivity contribution in [3.63, 3.8) is 0 Å². The Morgan fingerprint density at radius 1 is 1.24 bits per heavy atom. The normalized spacial score (nSPS) is 10.0. The van der Waals surface area contributed by atoms with Gasteiger partial charge in [0, 0.05) is 22.4 Å². The van der Waals surface area contributed by atoms with E-state index in [9.17, 15) is 4.79 Å². The number of aromatic nitrogens is 2. The standard InChI is InChI=1S/C12H10BrN3O/c1-8-5-9(7-10(13)6-8)11(17)16-12-14-3-2-4-15-12/h2-7H,1H3,(H,14,15,16,17). The van der Waals surface area contributed by atoms with Crippen LogP contribution >= 0.6 is 15.9 Å². The first-order valence-corrected chi connectivity index (χ1v) is 5.80. The number of halogens is 1. The summed E-state index contributed by atoms with van der Waals surface area (Å²) in [6.07, 6.45) is 3.16. The van der Waals surface area contributed by atoms with Crippen LogP contribution in [0.1, 0.15) is 15.9 Å². The molecular formula is C12H10BrN3O. The smallest absolute Gasteiger partial charge is 0.258 e. The lowest BCUT2D eigenvalue weighted by Gasteiger charge is -2.04. The Bertz CT molecular complexity index is 522. The lowest BCUT2D eigenvalue weighted by molar-refractivity contribution is 0.102. The van der Waals surface area contributed by atoms with E-state index in [2.05, 4.69) is 31.2 Å². The molecule has 0 aliphatic rings. The Kier molecular flexibility index (Phi) is 3.49. The van der Waals surface area contributed by atoms with Crippen LogP contribution in [-0.4, -0.2) is 15.9 Å². The van der Waals surface area contributed by atoms with Crippen molar-refractivity contribution in [1.82, 2.24) is 9.97 Å². The quantitative estimate of drug-likeness (QED) is 0.926. The summed E-state index contributed by atoms with van der Waals surface area (Å²) < 4.78 is 0.872. The molecule has 0 saturated carbocycles. The van der Waals surface area contributed by atoms with Crippen LogP contribution in [-0.2, 0) is 0 Å². The summed E-state index contributed by atoms with van der Waals surface area (Å²) >= 11 is 3.36. The average molecular weight is 292 g/mol. The highest BCUT2D eigenvalue weighted by Crippen LogP contribution is 2.16. The van der Waals surface area contributed by atoms with Gasteiger partial charge in [-0.25, -0.2) is 9.97 Å². The van der Waals surface area contributed by atoms with Crippen LogP contribution in [0.2, 0.25) is 0 Å². The van der Waals surface area contributed by atoms with Crippen molar-refractivity contribution in [2.24, 2.45) is 0 Å². The first-order chi connectivity index (χ1) is 8.15. The highest BCUT2D eigenvalue weighted by atomic mass is 79.9. The minimum absolute atomic E-state index is 0.222. The molecule has 2 rings (SSSR count). The van der Waals surface area contributed by atoms with E-state index < -0.39 is 0 Å². The van der Waals surface area contributed by atoms with Crippen LogP contribution in [0.15, 0.2) is 41.1 Å². The van der Waals surface area contributed by atoms with Crippen LogP contribution < -0.4 is 5.32 Å². The summed E-state index contributed by atoms with van der Waals surface area (Å²) in [4.78, 5) is 19.8. The van der Waals surface area contributed by atoms with Gasteiger partial charge >= 0.3 is 0 Å². The zero-order valence-corrected chi connectivity index (χ0v) is 10.7. The van der Waals surface area contributed by atoms with Crippen molar-refractivity contribution in [1.29, 1.82) is 0 Å². The number of nitrogens with one attached hydrogen (secondary N) is 1. The monoisotopic (exact) mass is 291 g/mol. The van der Waals surface area contributed by atoms with Crippen molar-refractivity contribution in [2.45, 2.75) is 6.92 Å². The van der Waals surface area contributed by atoms with Crippen molar-refractivity contribution >= 4 is 27.8 Å². The van der Waals surface area contributed by atoms with Gasteiger partial charge in [-0.05, 0) is 36.8 Å². The second kappa shape index (κ2) is 5.05. The molecule has 0 aliphatic carbocycles. The van der Waals surface area contributed by atoms with Gasteiger partial charge in [0.25, 0.3) is 5.91 Å². The number of nitrogens with zero attached hydrogens (tertiary/aromatic N) is 2. The third kappa shape index (κ3) is 3.10. The largest absolute Gasteiger partial charge is 0.290 e. The van der Waals surface area contributed by atoms with Gasteiger partial charge in [0.2, 0.25) is 5.95 Å². The van der Waals surface area contributed by atoms with Gasteiger partial charge in [-0.15, -0.1) is 0 Å². The van der Waals surface area contributed by atoms with E-state index in [-0.39, 0.29) is 5.91 Å². The molecule has 0 spiro atoms. The number of carbonyl (C=O) groups excluding carboxylic acids is 1. The predicted molar refractivity (Wildman–Crippen MR) is 68.9 cm³/mol. The molecule has 1 amide bonds. The lowest BCUT2D eigenvalue weighted by atomic mass is 10.1. The minimum atomic E-state index is -0.222. The van der Waals surface area contributed by atoms with E-state index in [4.69, 9.17) is 0 Å². The molecule has 0 bridgehead atoms. The summed E-state index contributed by atoms with van der Waals surface area (Å²) in [7, 11) is 0. The molecule has 1 heterocycles. The fraction of sp³-hybridized carbons (Fsp3) is 0.0833. The van der Waals surface area contributed by atoms with Gasteiger partial charge < -0.3 is 0 Å². The van der Waals surface area contributed by atoms with Crippen molar-refractivity contribution < 1.29 is 4.79 Å². The molecule has 0 radical (unpaired) electrons. The number of aryl methyl sites for hydroxylation is 1. The molecule has 0 fully saturated rings. The van der Waals surface area contributed by atoms with Gasteiger partial charge in [0.05, 0.1) is 0 Å². The maximum Gasteiger partial charge on any atom is 0.258 e. The van der Waals surface area contributed by atoms with Crippen molar-refractivity contribution in [3.8, 4) is 0 Å². The van der Waals surface area contributed by atoms with Crippen LogP contribution in [0.4, 0.5) is 5.95 Å². The third-order valence-corrected chi connectivity index (χ3v) is 2.55. The minimum Gasteiger partial charge on any atom is -0.290 e. The number of anilines is 1. The molecule has 0 saturated heterocycles. The maximum absolute atomic E-state index is 11.9. The SMILES string of the molecule is Cc1cc(Br)cc(C(=O)Nc2ncccn2)c1. The molecule has 0 atom stereocenters. The van der Waals surface area contributed by atoms with Gasteiger partial charge in [-0.2, -0.15) is 0 Å². The zero-order valence-electron chi connectivity index (χ0n) is 9.14. The Labute approximate surface area is 107 Å². The first kappa shape index (κ1) is 11.7. The van der Waals surface area contributed by atoms with Gasteiger partial charge in [-0.3, -0.25) is 10.1 Å². The summed E-state index contributed by atoms with van der Waals surface area (Å²) in [5.74, 6) is 0.0794. The van der Waals surface area contributed by atoms with Gasteiger partial charge in [0.15, 0.2) is 0 Å². The molecule has 5 heteroatoms. The molecular weight excluding hydrogens is 282 g/mol. The van der Waals surface area contributed by atoms with Crippen molar-refractivity contribution in [3.05, 3.63) is 52.3 Å². The summed E-state index contributed by atoms with van der Waals surface area (Å²) in [6, 6.07) is 7.20. The fourth-order valence-corrected chi connectivity index (χ4v) is 2.01. The number of hydrogen-bond acceptors (Lipinski definition) is 3. The number of amides is 1. The number of hydrogen-bond donors (Lipinski definition) is 1. The molecule has 0 aliphatic heterocycles. The predicted octanol–water partition coefficient (Wildman–Crippen LogP) is 2.80. The maximum atomic E-state index is 11.9. The van der Waals surface area contributed by atoms with E-state index in [1.54, 1.807) is 24.5 Å². The first-order valence-electron chi connectivity index (χ1n) is 5.01. The van der Waals surface area contributed by atoms with E-state index >= 15 is 0 Å². The topological polar surface area (TPSA) is 54.9 Å². The average Bonchev–Trinajstić information content (AvgIpc) is 2.29. The Hall–Kier alpha value is -1.75. The molecule has 86 valence electrons. The van der Waals surface area contributed by atoms with Gasteiger partial charge in [-0.1, -0.05) is 15.9 Å². The van der Waals surface area contributed by atoms with Crippen LogP contribution in [0, 0.1) is 6.92 Å². The summed E-state index contributed by atoms with van der Waals surface area (Å²) in [5, 5.41) is 2.63. The Balaban J connectivity index is 2.20. The molecule has 4 nitrogen and oxygen atoms in total. The molecule has 17 heavy (non-hydrogen) atoms. The lowest BCUT2D eigenvalue weighted by Crippen LogP contribution is -2.14. The second-order valence-corrected chi connectivity index (χ2v) is 4.46. The Morgan fingerprint density at radius 3 is 2.59 bits per heavy atom. The highest BCUT2D eigenvalue weighted by Gasteiger charge is 2.08. The summed E-state index contributed by atoms with van der Waals surface area (Å²) in [6.45, 7) is 1.93. The van der Waals surface area contributed by atoms with Crippen LogP contribution in [0.5, 0.6) is 0 Å². The van der Waals surface area contributed by atoms with E-state index in [0.717, 1.165) is 10.0 Å². The van der Waals surface area contributed by atoms with Crippen LogP contribution in [0.3, 0.4) is 0 Å². The number of benzene rings is 1. The van der Waals surface area contributed by atoms with E-state index in [1.807, 2.05) is 19.1 Å². The number of rotatable bonds is 2. The highest BCUT2D eigenvalue weighted by molar-refractivity contribution is 9.10. The van der Waals surface area contributed by atoms with Crippen LogP contribution in [0.25, 0.3) is 0 Å². The number of carbonyl (C=O) groups is 1. The Morgan fingerprint density at radius 2 is 1.94 bits per heavy atom. The van der Waals surface area contributed by atoms with E-state index in [0.29, 0.717) is 11.5 Å². The van der Waals surface area contributed by atoms with E-state index in [1.165, 1.54) is 0 Å². The molecule has 0 unspecified atom stereocenters. The molecule has 2 aromatic rings. The van der Waals surface area contributed by atoms with Crippen molar-refractivity contribution in [2.75, 3.05) is 5.32 Å². The summed E-state index contributed by atoms with van der Waals surface area (Å²) in [5.41, 5.74) is 1.59. The molecule has 1 N–H and O–H groups in total. The zero-order chi connectivity index (χ0) is 12.3. The third-order valence-electron chi connectivity index (χ3n) is 2.10. The fourth-order valence-electron chi connectivity index (χ4n) is 1.40.